The van der Waals surface area contributed by atoms with Crippen molar-refractivity contribution in [2.75, 3.05) is 39.5 Å². The molecule has 0 amide bonds. The molecule has 0 radical (unpaired) electrons. The third kappa shape index (κ3) is 9.94. The van der Waals surface area contributed by atoms with Crippen LogP contribution >= 0.6 is 22.6 Å². The van der Waals surface area contributed by atoms with Crippen molar-refractivity contribution >= 4 is 28.6 Å². The molecule has 1 unspecified atom stereocenters. The van der Waals surface area contributed by atoms with Crippen molar-refractivity contribution in [1.82, 2.24) is 10.6 Å². The van der Waals surface area contributed by atoms with Crippen LogP contribution in [0.4, 0.5) is 0 Å². The first-order chi connectivity index (χ1) is 11.7. The highest BCUT2D eigenvalue weighted by Gasteiger charge is 2.06. The van der Waals surface area contributed by atoms with Gasteiger partial charge in [-0.15, -0.1) is 0 Å². The lowest BCUT2D eigenvalue weighted by atomic mass is 10.3. The molecule has 0 saturated heterocycles. The Morgan fingerprint density at radius 1 is 1.25 bits per heavy atom. The number of ether oxygens (including phenoxy) is 2. The van der Waals surface area contributed by atoms with E-state index in [-0.39, 0.29) is 13.2 Å². The fourth-order valence-electron chi connectivity index (χ4n) is 1.84. The minimum absolute atomic E-state index is 0.216. The van der Waals surface area contributed by atoms with Crippen LogP contribution in [0.2, 0.25) is 0 Å². The van der Waals surface area contributed by atoms with Crippen LogP contribution in [0.3, 0.4) is 0 Å². The summed E-state index contributed by atoms with van der Waals surface area (Å²) in [5.41, 5.74) is 0. The van der Waals surface area contributed by atoms with Gasteiger partial charge < -0.3 is 25.2 Å². The van der Waals surface area contributed by atoms with Gasteiger partial charge in [-0.2, -0.15) is 0 Å². The normalized spacial score (nSPS) is 12.8. The van der Waals surface area contributed by atoms with Gasteiger partial charge in [0.1, 0.15) is 18.5 Å². The van der Waals surface area contributed by atoms with Gasteiger partial charge in [0, 0.05) is 29.9 Å². The standard InChI is InChI=1S/C17H28IN3O3/c1-3-19-17(20-10-5-11-23-4-2)21-12-15(22)13-24-16-8-6-14(18)7-9-16/h6-9,15,22H,3-5,10-13H2,1-2H3,(H2,19,20,21). The Labute approximate surface area is 158 Å². The third-order valence-corrected chi connectivity index (χ3v) is 3.74. The van der Waals surface area contributed by atoms with Crippen LogP contribution in [-0.2, 0) is 4.74 Å². The molecule has 1 rings (SSSR count). The van der Waals surface area contributed by atoms with Gasteiger partial charge in [0.15, 0.2) is 5.96 Å². The zero-order valence-electron chi connectivity index (χ0n) is 14.4. The van der Waals surface area contributed by atoms with Crippen molar-refractivity contribution in [3.63, 3.8) is 0 Å². The Hall–Kier alpha value is -1.06. The minimum Gasteiger partial charge on any atom is -0.491 e. The SMILES string of the molecule is CCNC(=NCC(O)COc1ccc(I)cc1)NCCCOCC. The van der Waals surface area contributed by atoms with E-state index in [2.05, 4.69) is 38.2 Å². The lowest BCUT2D eigenvalue weighted by Gasteiger charge is -2.14. The van der Waals surface area contributed by atoms with Gasteiger partial charge in [0.25, 0.3) is 0 Å². The molecule has 136 valence electrons. The van der Waals surface area contributed by atoms with Crippen molar-refractivity contribution in [2.24, 2.45) is 4.99 Å². The number of aliphatic hydroxyl groups excluding tert-OH is 1. The van der Waals surface area contributed by atoms with E-state index in [1.807, 2.05) is 38.1 Å². The van der Waals surface area contributed by atoms with Crippen molar-refractivity contribution in [2.45, 2.75) is 26.4 Å². The molecule has 0 heterocycles. The first-order valence-corrected chi connectivity index (χ1v) is 9.40. The topological polar surface area (TPSA) is 75.1 Å². The molecule has 7 heteroatoms. The van der Waals surface area contributed by atoms with Crippen LogP contribution < -0.4 is 15.4 Å². The molecule has 6 nitrogen and oxygen atoms in total. The van der Waals surface area contributed by atoms with Crippen LogP contribution in [0, 0.1) is 3.57 Å². The highest BCUT2D eigenvalue weighted by Crippen LogP contribution is 2.13. The maximum atomic E-state index is 10.0. The highest BCUT2D eigenvalue weighted by molar-refractivity contribution is 14.1. The molecule has 1 aromatic carbocycles. The Morgan fingerprint density at radius 2 is 2.00 bits per heavy atom. The number of halogens is 1. The summed E-state index contributed by atoms with van der Waals surface area (Å²) in [6, 6.07) is 7.72. The number of nitrogens with zero attached hydrogens (tertiary/aromatic N) is 1. The molecule has 0 bridgehead atoms. The Balaban J connectivity index is 2.31. The number of hydrogen-bond donors (Lipinski definition) is 3. The van der Waals surface area contributed by atoms with Crippen LogP contribution in [0.5, 0.6) is 5.75 Å². The Bertz CT molecular complexity index is 469. The number of rotatable bonds is 11. The molecule has 24 heavy (non-hydrogen) atoms. The number of aliphatic imine (C=N–C) groups is 1. The van der Waals surface area contributed by atoms with E-state index < -0.39 is 6.10 Å². The van der Waals surface area contributed by atoms with Gasteiger partial charge in [-0.25, -0.2) is 0 Å². The molecule has 0 aliphatic rings. The second kappa shape index (κ2) is 13.3. The van der Waals surface area contributed by atoms with Crippen molar-refractivity contribution in [1.29, 1.82) is 0 Å². The van der Waals surface area contributed by atoms with Crippen molar-refractivity contribution < 1.29 is 14.6 Å². The monoisotopic (exact) mass is 449 g/mol. The molecule has 0 aliphatic heterocycles. The summed E-state index contributed by atoms with van der Waals surface area (Å²) in [6.45, 7) is 7.51. The van der Waals surface area contributed by atoms with E-state index in [1.165, 1.54) is 0 Å². The second-order valence-corrected chi connectivity index (χ2v) is 6.36. The second-order valence-electron chi connectivity index (χ2n) is 5.12. The fraction of sp³-hybridized carbons (Fsp3) is 0.588. The van der Waals surface area contributed by atoms with Crippen molar-refractivity contribution in [3.05, 3.63) is 27.8 Å². The van der Waals surface area contributed by atoms with E-state index in [0.29, 0.717) is 5.96 Å². The van der Waals surface area contributed by atoms with E-state index in [9.17, 15) is 5.11 Å². The first kappa shape index (κ1) is 21.0. The molecule has 0 spiro atoms. The highest BCUT2D eigenvalue weighted by atomic mass is 127. The molecule has 0 saturated carbocycles. The summed E-state index contributed by atoms with van der Waals surface area (Å²) in [5, 5.41) is 16.4. The lowest BCUT2D eigenvalue weighted by Crippen LogP contribution is -2.39. The molecular formula is C17H28IN3O3. The predicted octanol–water partition coefficient (Wildman–Crippen LogP) is 2.01. The third-order valence-electron chi connectivity index (χ3n) is 3.02. The molecule has 1 aromatic rings. The zero-order chi connectivity index (χ0) is 17.6. The van der Waals surface area contributed by atoms with Gasteiger partial charge in [-0.3, -0.25) is 4.99 Å². The number of benzene rings is 1. The summed E-state index contributed by atoms with van der Waals surface area (Å²) < 4.78 is 12.0. The van der Waals surface area contributed by atoms with Crippen LogP contribution in [-0.4, -0.2) is 56.6 Å². The molecule has 0 aliphatic carbocycles. The average molecular weight is 449 g/mol. The van der Waals surface area contributed by atoms with Crippen LogP contribution in [0.15, 0.2) is 29.3 Å². The molecule has 0 aromatic heterocycles. The average Bonchev–Trinajstić information content (AvgIpc) is 2.59. The quantitative estimate of drug-likeness (QED) is 0.209. The van der Waals surface area contributed by atoms with E-state index in [1.54, 1.807) is 0 Å². The van der Waals surface area contributed by atoms with Gasteiger partial charge in [0.05, 0.1) is 6.54 Å². The van der Waals surface area contributed by atoms with E-state index in [4.69, 9.17) is 9.47 Å². The summed E-state index contributed by atoms with van der Waals surface area (Å²) in [6.07, 6.45) is 0.264. The van der Waals surface area contributed by atoms with Crippen molar-refractivity contribution in [3.8, 4) is 5.75 Å². The fourth-order valence-corrected chi connectivity index (χ4v) is 2.20. The van der Waals surface area contributed by atoms with Gasteiger partial charge in [-0.05, 0) is 67.1 Å². The molecular weight excluding hydrogens is 421 g/mol. The summed E-state index contributed by atoms with van der Waals surface area (Å²) in [7, 11) is 0. The first-order valence-electron chi connectivity index (χ1n) is 8.32. The summed E-state index contributed by atoms with van der Waals surface area (Å²) in [4.78, 5) is 4.38. The smallest absolute Gasteiger partial charge is 0.191 e. The number of hydrogen-bond acceptors (Lipinski definition) is 4. The molecule has 3 N–H and O–H groups in total. The lowest BCUT2D eigenvalue weighted by molar-refractivity contribution is 0.114. The number of aliphatic hydroxyl groups is 1. The zero-order valence-corrected chi connectivity index (χ0v) is 16.6. The number of guanidine groups is 1. The summed E-state index contributed by atoms with van der Waals surface area (Å²) >= 11 is 2.24. The Kier molecular flexibility index (Phi) is 11.6. The van der Waals surface area contributed by atoms with Gasteiger partial charge >= 0.3 is 0 Å². The maximum absolute atomic E-state index is 10.0. The molecule has 1 atom stereocenters. The van der Waals surface area contributed by atoms with Crippen LogP contribution in [0.25, 0.3) is 0 Å². The predicted molar refractivity (Wildman–Crippen MR) is 106 cm³/mol. The van der Waals surface area contributed by atoms with E-state index >= 15 is 0 Å². The minimum atomic E-state index is -0.650. The maximum Gasteiger partial charge on any atom is 0.191 e. The summed E-state index contributed by atoms with van der Waals surface area (Å²) in [5.74, 6) is 1.45. The van der Waals surface area contributed by atoms with E-state index in [0.717, 1.165) is 42.0 Å². The van der Waals surface area contributed by atoms with Crippen LogP contribution in [0.1, 0.15) is 20.3 Å². The number of nitrogens with one attached hydrogen (secondary N) is 2. The van der Waals surface area contributed by atoms with Gasteiger partial charge in [-0.1, -0.05) is 0 Å². The van der Waals surface area contributed by atoms with Gasteiger partial charge in [0.2, 0.25) is 0 Å². The molecule has 0 fully saturated rings. The Morgan fingerprint density at radius 3 is 2.67 bits per heavy atom. The largest absolute Gasteiger partial charge is 0.491 e.